The second kappa shape index (κ2) is 41.8. The zero-order valence-electron chi connectivity index (χ0n) is 32.4. The van der Waals surface area contributed by atoms with Gasteiger partial charge in [-0.15, -0.1) is 0 Å². The Labute approximate surface area is 300 Å². The van der Waals surface area contributed by atoms with Crippen LogP contribution in [0, 0.1) is 0 Å². The number of unbranched alkanes of at least 4 members (excludes halogenated alkanes) is 33. The molecule has 0 atom stereocenters. The van der Waals surface area contributed by atoms with Gasteiger partial charge in [-0.1, -0.05) is 205 Å². The maximum Gasteiger partial charge on any atom is 0.305 e. The Morgan fingerprint density at radius 3 is 1.04 bits per heavy atom. The molecular weight excluding hydrogens is 592 g/mol. The Bertz CT molecular complexity index is 673. The van der Waals surface area contributed by atoms with E-state index in [0.717, 1.165) is 32.1 Å². The molecule has 284 valence electrons. The predicted octanol–water partition coefficient (Wildman–Crippen LogP) is 15.0. The normalized spacial score (nSPS) is 11.5. The summed E-state index contributed by atoms with van der Waals surface area (Å²) >= 11 is 0. The number of ether oxygens (including phenoxy) is 1. The summed E-state index contributed by atoms with van der Waals surface area (Å²) in [6, 6.07) is 0. The first-order valence-corrected chi connectivity index (χ1v) is 21.7. The molecule has 0 heterocycles. The Balaban J connectivity index is 3.17. The number of hydrogen-bond acceptors (Lipinski definition) is 3. The maximum atomic E-state index is 12.0. The van der Waals surface area contributed by atoms with E-state index in [-0.39, 0.29) is 5.97 Å². The van der Waals surface area contributed by atoms with Gasteiger partial charge >= 0.3 is 11.9 Å². The number of carboxylic acid groups (broad SMARTS) is 1. The number of carbonyl (C=O) groups is 2. The minimum Gasteiger partial charge on any atom is -0.481 e. The average molecular weight is 677 g/mol. The number of allylic oxidation sites excluding steroid dienone is 2. The van der Waals surface area contributed by atoms with Crippen LogP contribution in [0.5, 0.6) is 0 Å². The molecule has 0 aromatic rings. The van der Waals surface area contributed by atoms with E-state index in [1.807, 2.05) is 0 Å². The van der Waals surface area contributed by atoms with Gasteiger partial charge < -0.3 is 9.84 Å². The van der Waals surface area contributed by atoms with Crippen LogP contribution in [0.1, 0.15) is 251 Å². The number of aliphatic carboxylic acids is 1. The van der Waals surface area contributed by atoms with Gasteiger partial charge in [0.05, 0.1) is 6.61 Å². The van der Waals surface area contributed by atoms with Crippen molar-refractivity contribution in [3.8, 4) is 0 Å². The summed E-state index contributed by atoms with van der Waals surface area (Å²) in [7, 11) is 0. The summed E-state index contributed by atoms with van der Waals surface area (Å²) in [6.45, 7) is 2.89. The number of esters is 1. The highest BCUT2D eigenvalue weighted by Gasteiger charge is 2.03. The van der Waals surface area contributed by atoms with Crippen LogP contribution in [0.15, 0.2) is 12.2 Å². The predicted molar refractivity (Wildman–Crippen MR) is 209 cm³/mol. The van der Waals surface area contributed by atoms with Gasteiger partial charge in [0.2, 0.25) is 0 Å². The number of hydrogen-bond donors (Lipinski definition) is 1. The summed E-state index contributed by atoms with van der Waals surface area (Å²) in [4.78, 5) is 22.5. The highest BCUT2D eigenvalue weighted by Crippen LogP contribution is 2.16. The quantitative estimate of drug-likeness (QED) is 0.0398. The van der Waals surface area contributed by atoms with E-state index in [1.54, 1.807) is 0 Å². The van der Waals surface area contributed by atoms with Gasteiger partial charge in [0.15, 0.2) is 0 Å². The number of carboxylic acids is 1. The van der Waals surface area contributed by atoms with Crippen LogP contribution >= 0.6 is 0 Å². The first-order chi connectivity index (χ1) is 23.7. The maximum absolute atomic E-state index is 12.0. The molecule has 0 bridgehead atoms. The molecule has 0 radical (unpaired) electrons. The van der Waals surface area contributed by atoms with Crippen LogP contribution in [0.4, 0.5) is 0 Å². The number of carbonyl (C=O) groups excluding carboxylic acids is 1. The van der Waals surface area contributed by atoms with E-state index in [4.69, 9.17) is 9.84 Å². The molecule has 0 amide bonds. The molecular formula is C44H84O4. The molecule has 0 saturated carbocycles. The molecule has 1 N–H and O–H groups in total. The summed E-state index contributed by atoms with van der Waals surface area (Å²) in [5.74, 6) is -0.646. The fourth-order valence-corrected chi connectivity index (χ4v) is 6.69. The van der Waals surface area contributed by atoms with Gasteiger partial charge in [0, 0.05) is 12.8 Å². The van der Waals surface area contributed by atoms with E-state index in [9.17, 15) is 9.59 Å². The minimum atomic E-state index is -0.658. The van der Waals surface area contributed by atoms with Gasteiger partial charge in [-0.2, -0.15) is 0 Å². The van der Waals surface area contributed by atoms with Crippen molar-refractivity contribution < 1.29 is 19.4 Å². The zero-order chi connectivity index (χ0) is 34.9. The second-order valence-corrected chi connectivity index (χ2v) is 14.8. The van der Waals surface area contributed by atoms with Crippen molar-refractivity contribution in [2.24, 2.45) is 0 Å². The van der Waals surface area contributed by atoms with Crippen molar-refractivity contribution in [1.29, 1.82) is 0 Å². The smallest absolute Gasteiger partial charge is 0.305 e. The molecule has 0 rings (SSSR count). The molecule has 0 aliphatic carbocycles. The summed E-state index contributed by atoms with van der Waals surface area (Å²) in [5.41, 5.74) is 0. The van der Waals surface area contributed by atoms with E-state index >= 15 is 0 Å². The van der Waals surface area contributed by atoms with Crippen LogP contribution in [0.2, 0.25) is 0 Å². The molecule has 4 heteroatoms. The van der Waals surface area contributed by atoms with Gasteiger partial charge in [-0.3, -0.25) is 9.59 Å². The number of rotatable bonds is 41. The van der Waals surface area contributed by atoms with Crippen LogP contribution in [-0.2, 0) is 14.3 Å². The van der Waals surface area contributed by atoms with Gasteiger partial charge in [-0.25, -0.2) is 0 Å². The average Bonchev–Trinajstić information content (AvgIpc) is 3.08. The highest BCUT2D eigenvalue weighted by molar-refractivity contribution is 5.69. The van der Waals surface area contributed by atoms with Crippen molar-refractivity contribution in [2.45, 2.75) is 251 Å². The van der Waals surface area contributed by atoms with Crippen molar-refractivity contribution >= 4 is 11.9 Å². The summed E-state index contributed by atoms with van der Waals surface area (Å²) in [5, 5.41) is 8.65. The minimum absolute atomic E-state index is 0.0115. The lowest BCUT2D eigenvalue weighted by Gasteiger charge is -2.06. The lowest BCUT2D eigenvalue weighted by Crippen LogP contribution is -2.05. The first kappa shape index (κ1) is 46.7. The van der Waals surface area contributed by atoms with Gasteiger partial charge in [0.25, 0.3) is 0 Å². The largest absolute Gasteiger partial charge is 0.481 e. The van der Waals surface area contributed by atoms with Crippen molar-refractivity contribution in [3.05, 3.63) is 12.2 Å². The lowest BCUT2D eigenvalue weighted by atomic mass is 10.0. The van der Waals surface area contributed by atoms with E-state index in [2.05, 4.69) is 19.1 Å². The Kier molecular flexibility index (Phi) is 40.7. The molecule has 0 fully saturated rings. The summed E-state index contributed by atoms with van der Waals surface area (Å²) in [6.07, 6.45) is 52.5. The Morgan fingerprint density at radius 1 is 0.396 bits per heavy atom. The molecule has 0 unspecified atom stereocenters. The molecule has 0 aliphatic heterocycles. The van der Waals surface area contributed by atoms with Gasteiger partial charge in [0.1, 0.15) is 0 Å². The van der Waals surface area contributed by atoms with Crippen LogP contribution in [0.25, 0.3) is 0 Å². The molecule has 0 spiro atoms. The lowest BCUT2D eigenvalue weighted by molar-refractivity contribution is -0.144. The third-order valence-electron chi connectivity index (χ3n) is 9.94. The molecule has 4 nitrogen and oxygen atoms in total. The first-order valence-electron chi connectivity index (χ1n) is 21.7. The monoisotopic (exact) mass is 677 g/mol. The fraction of sp³-hybridized carbons (Fsp3) is 0.909. The molecule has 0 aliphatic rings. The molecule has 0 saturated heterocycles. The van der Waals surface area contributed by atoms with Crippen LogP contribution in [-0.4, -0.2) is 23.7 Å². The van der Waals surface area contributed by atoms with Gasteiger partial charge in [-0.05, 0) is 44.9 Å². The van der Waals surface area contributed by atoms with E-state index < -0.39 is 5.97 Å². The zero-order valence-corrected chi connectivity index (χ0v) is 32.4. The summed E-state index contributed by atoms with van der Waals surface area (Å²) < 4.78 is 5.46. The standard InChI is InChI=1S/C44H84O4/c1-2-3-4-5-6-7-8-9-10-16-20-23-26-29-32-35-38-41-44(47)48-42-39-36-33-30-27-24-21-18-15-13-11-12-14-17-19-22-25-28-31-34-37-40-43(45)46/h9-10H,2-8,11-42H2,1H3,(H,45,46). The molecule has 0 aromatic carbocycles. The van der Waals surface area contributed by atoms with Crippen LogP contribution < -0.4 is 0 Å². The Hall–Kier alpha value is -1.32. The SMILES string of the molecule is CCCCCCCCC=CCCCCCCCCCC(=O)OCCCCCCCCCCCCCCCCCCCCCCCC(=O)O. The van der Waals surface area contributed by atoms with Crippen molar-refractivity contribution in [1.82, 2.24) is 0 Å². The third kappa shape index (κ3) is 42.7. The fourth-order valence-electron chi connectivity index (χ4n) is 6.69. The van der Waals surface area contributed by atoms with Crippen molar-refractivity contribution in [3.63, 3.8) is 0 Å². The topological polar surface area (TPSA) is 63.6 Å². The van der Waals surface area contributed by atoms with Crippen molar-refractivity contribution in [2.75, 3.05) is 6.61 Å². The van der Waals surface area contributed by atoms with E-state index in [1.165, 1.54) is 199 Å². The highest BCUT2D eigenvalue weighted by atomic mass is 16.5. The molecule has 48 heavy (non-hydrogen) atoms. The third-order valence-corrected chi connectivity index (χ3v) is 9.94. The second-order valence-electron chi connectivity index (χ2n) is 14.8. The van der Waals surface area contributed by atoms with Crippen LogP contribution in [0.3, 0.4) is 0 Å². The molecule has 0 aromatic heterocycles. The van der Waals surface area contributed by atoms with E-state index in [0.29, 0.717) is 19.4 Å². The Morgan fingerprint density at radius 2 is 0.688 bits per heavy atom.